The molecule has 0 saturated carbocycles. The van der Waals surface area contributed by atoms with E-state index in [0.717, 1.165) is 27.3 Å². The molecule has 108 valence electrons. The minimum atomic E-state index is -0.131. The van der Waals surface area contributed by atoms with E-state index in [4.69, 9.17) is 5.73 Å². The lowest BCUT2D eigenvalue weighted by molar-refractivity contribution is -0.120. The van der Waals surface area contributed by atoms with Crippen LogP contribution < -0.4 is 11.1 Å². The fourth-order valence-electron chi connectivity index (χ4n) is 2.24. The Kier molecular flexibility index (Phi) is 4.73. The highest BCUT2D eigenvalue weighted by Crippen LogP contribution is 2.25. The standard InChI is InChI=1S/C15H21N3OS/c1-9(2)6-11(8-16)15(19)18-12-4-5-13-14(7-12)20-10(3)17-13/h4-5,7,9,11H,6,8,16H2,1-3H3,(H,18,19). The molecule has 0 aliphatic heterocycles. The number of nitrogens with two attached hydrogens (primary N) is 1. The quantitative estimate of drug-likeness (QED) is 0.889. The Labute approximate surface area is 123 Å². The summed E-state index contributed by atoms with van der Waals surface area (Å²) in [6.07, 6.45) is 0.810. The number of fused-ring (bicyclic) bond motifs is 1. The van der Waals surface area contributed by atoms with E-state index >= 15 is 0 Å². The van der Waals surface area contributed by atoms with Crippen LogP contribution in [0.15, 0.2) is 18.2 Å². The van der Waals surface area contributed by atoms with E-state index in [1.54, 1.807) is 11.3 Å². The van der Waals surface area contributed by atoms with Crippen LogP contribution in [0.1, 0.15) is 25.3 Å². The predicted molar refractivity (Wildman–Crippen MR) is 85.0 cm³/mol. The van der Waals surface area contributed by atoms with Gasteiger partial charge in [-0.05, 0) is 37.5 Å². The van der Waals surface area contributed by atoms with Crippen molar-refractivity contribution in [2.45, 2.75) is 27.2 Å². The SMILES string of the molecule is Cc1nc2ccc(NC(=O)C(CN)CC(C)C)cc2s1. The van der Waals surface area contributed by atoms with E-state index in [2.05, 4.69) is 24.1 Å². The molecule has 0 saturated heterocycles. The number of nitrogens with one attached hydrogen (secondary N) is 1. The maximum absolute atomic E-state index is 12.2. The maximum atomic E-state index is 12.2. The molecular formula is C15H21N3OS. The Morgan fingerprint density at radius 2 is 2.20 bits per heavy atom. The highest BCUT2D eigenvalue weighted by atomic mass is 32.1. The normalized spacial score (nSPS) is 12.8. The summed E-state index contributed by atoms with van der Waals surface area (Å²) in [6.45, 7) is 6.56. The van der Waals surface area contributed by atoms with Gasteiger partial charge in [0, 0.05) is 12.2 Å². The van der Waals surface area contributed by atoms with E-state index in [0.29, 0.717) is 12.5 Å². The van der Waals surface area contributed by atoms with Crippen LogP contribution in [0, 0.1) is 18.8 Å². The summed E-state index contributed by atoms with van der Waals surface area (Å²) >= 11 is 1.63. The van der Waals surface area contributed by atoms with Gasteiger partial charge in [0.05, 0.1) is 21.1 Å². The summed E-state index contributed by atoms with van der Waals surface area (Å²) in [5, 5.41) is 3.99. The van der Waals surface area contributed by atoms with Crippen LogP contribution in [0.25, 0.3) is 10.2 Å². The summed E-state index contributed by atoms with van der Waals surface area (Å²) in [6, 6.07) is 5.80. The number of nitrogens with zero attached hydrogens (tertiary/aromatic N) is 1. The molecule has 1 aromatic heterocycles. The summed E-state index contributed by atoms with van der Waals surface area (Å²) < 4.78 is 1.09. The molecule has 3 N–H and O–H groups in total. The van der Waals surface area contributed by atoms with Crippen molar-refractivity contribution < 1.29 is 4.79 Å². The molecule has 0 bridgehead atoms. The van der Waals surface area contributed by atoms with Crippen LogP contribution in [0.4, 0.5) is 5.69 Å². The zero-order valence-corrected chi connectivity index (χ0v) is 13.0. The summed E-state index contributed by atoms with van der Waals surface area (Å²) in [5.74, 6) is 0.330. The van der Waals surface area contributed by atoms with Crippen LogP contribution in [0.5, 0.6) is 0 Å². The molecule has 1 unspecified atom stereocenters. The monoisotopic (exact) mass is 291 g/mol. The van der Waals surface area contributed by atoms with Gasteiger partial charge in [-0.1, -0.05) is 13.8 Å². The first-order valence-corrected chi connectivity index (χ1v) is 7.69. The van der Waals surface area contributed by atoms with E-state index in [9.17, 15) is 4.79 Å². The average molecular weight is 291 g/mol. The van der Waals surface area contributed by atoms with Gasteiger partial charge in [-0.25, -0.2) is 4.98 Å². The Hall–Kier alpha value is -1.46. The summed E-state index contributed by atoms with van der Waals surface area (Å²) in [7, 11) is 0. The molecule has 20 heavy (non-hydrogen) atoms. The van der Waals surface area contributed by atoms with Gasteiger partial charge in [0.2, 0.25) is 5.91 Å². The van der Waals surface area contributed by atoms with Crippen molar-refractivity contribution in [3.8, 4) is 0 Å². The van der Waals surface area contributed by atoms with Crippen molar-refractivity contribution in [2.24, 2.45) is 17.6 Å². The van der Waals surface area contributed by atoms with Gasteiger partial charge in [0.25, 0.3) is 0 Å². The van der Waals surface area contributed by atoms with Gasteiger partial charge in [-0.3, -0.25) is 4.79 Å². The molecule has 1 amide bonds. The number of aromatic nitrogens is 1. The molecule has 0 fully saturated rings. The van der Waals surface area contributed by atoms with Gasteiger partial charge in [0.15, 0.2) is 0 Å². The van der Waals surface area contributed by atoms with E-state index in [-0.39, 0.29) is 11.8 Å². The lowest BCUT2D eigenvalue weighted by Crippen LogP contribution is -2.30. The first kappa shape index (κ1) is 14.9. The molecule has 0 aliphatic carbocycles. The van der Waals surface area contributed by atoms with Gasteiger partial charge >= 0.3 is 0 Å². The van der Waals surface area contributed by atoms with Crippen LogP contribution in [-0.4, -0.2) is 17.4 Å². The number of carbonyl (C=O) groups is 1. The maximum Gasteiger partial charge on any atom is 0.228 e. The van der Waals surface area contributed by atoms with Crippen molar-refractivity contribution in [3.63, 3.8) is 0 Å². The van der Waals surface area contributed by atoms with Crippen LogP contribution >= 0.6 is 11.3 Å². The lowest BCUT2D eigenvalue weighted by atomic mass is 9.96. The number of hydrogen-bond donors (Lipinski definition) is 2. The fraction of sp³-hybridized carbons (Fsp3) is 0.467. The molecule has 1 atom stereocenters. The third-order valence-corrected chi connectivity index (χ3v) is 4.11. The first-order chi connectivity index (χ1) is 9.49. The number of anilines is 1. The van der Waals surface area contributed by atoms with Crippen LogP contribution in [0.3, 0.4) is 0 Å². The minimum Gasteiger partial charge on any atom is -0.330 e. The Morgan fingerprint density at radius 3 is 2.85 bits per heavy atom. The number of benzene rings is 1. The predicted octanol–water partition coefficient (Wildman–Crippen LogP) is 3.16. The van der Waals surface area contributed by atoms with E-state index < -0.39 is 0 Å². The van der Waals surface area contributed by atoms with Crippen LogP contribution in [-0.2, 0) is 4.79 Å². The van der Waals surface area contributed by atoms with E-state index in [1.807, 2.05) is 25.1 Å². The Morgan fingerprint density at radius 1 is 1.45 bits per heavy atom. The first-order valence-electron chi connectivity index (χ1n) is 6.87. The van der Waals surface area contributed by atoms with Crippen molar-refractivity contribution in [1.82, 2.24) is 4.98 Å². The fourth-order valence-corrected chi connectivity index (χ4v) is 3.11. The van der Waals surface area contributed by atoms with Gasteiger partial charge < -0.3 is 11.1 Å². The number of hydrogen-bond acceptors (Lipinski definition) is 4. The third-order valence-electron chi connectivity index (χ3n) is 3.17. The van der Waals surface area contributed by atoms with Gasteiger partial charge in [-0.2, -0.15) is 0 Å². The molecule has 0 aliphatic rings. The highest BCUT2D eigenvalue weighted by Gasteiger charge is 2.18. The van der Waals surface area contributed by atoms with Crippen molar-refractivity contribution >= 4 is 33.1 Å². The zero-order chi connectivity index (χ0) is 14.7. The molecule has 1 heterocycles. The smallest absolute Gasteiger partial charge is 0.228 e. The molecule has 1 aromatic carbocycles. The number of thiazole rings is 1. The topological polar surface area (TPSA) is 68.0 Å². The summed E-state index contributed by atoms with van der Waals surface area (Å²) in [4.78, 5) is 16.6. The molecule has 4 nitrogen and oxygen atoms in total. The molecule has 2 aromatic rings. The van der Waals surface area contributed by atoms with Gasteiger partial charge in [0.1, 0.15) is 0 Å². The highest BCUT2D eigenvalue weighted by molar-refractivity contribution is 7.18. The largest absolute Gasteiger partial charge is 0.330 e. The number of aryl methyl sites for hydroxylation is 1. The minimum absolute atomic E-state index is 0.00165. The average Bonchev–Trinajstić information content (AvgIpc) is 2.74. The number of rotatable bonds is 5. The lowest BCUT2D eigenvalue weighted by Gasteiger charge is -2.16. The van der Waals surface area contributed by atoms with Crippen LogP contribution in [0.2, 0.25) is 0 Å². The molecule has 0 spiro atoms. The molecule has 0 radical (unpaired) electrons. The molecule has 2 rings (SSSR count). The third kappa shape index (κ3) is 3.55. The number of carbonyl (C=O) groups excluding carboxylic acids is 1. The second-order valence-electron chi connectivity index (χ2n) is 5.47. The van der Waals surface area contributed by atoms with E-state index in [1.165, 1.54) is 0 Å². The second kappa shape index (κ2) is 6.33. The van der Waals surface area contributed by atoms with Gasteiger partial charge in [-0.15, -0.1) is 11.3 Å². The van der Waals surface area contributed by atoms with Crippen molar-refractivity contribution in [3.05, 3.63) is 23.2 Å². The Bertz CT molecular complexity index is 606. The van der Waals surface area contributed by atoms with Crippen molar-refractivity contribution in [2.75, 3.05) is 11.9 Å². The molecule has 5 heteroatoms. The Balaban J connectivity index is 2.12. The molecular weight excluding hydrogens is 270 g/mol. The summed E-state index contributed by atoms with van der Waals surface area (Å²) in [5.41, 5.74) is 7.49. The number of amides is 1. The zero-order valence-electron chi connectivity index (χ0n) is 12.1. The second-order valence-corrected chi connectivity index (χ2v) is 6.70. The van der Waals surface area contributed by atoms with Crippen molar-refractivity contribution in [1.29, 1.82) is 0 Å².